The summed E-state index contributed by atoms with van der Waals surface area (Å²) in [5, 5.41) is 4.29. The number of anilines is 2. The molecule has 3 fully saturated rings. The molecule has 3 N–H and O–H groups in total. The number of benzene rings is 2. The summed E-state index contributed by atoms with van der Waals surface area (Å²) in [7, 11) is 0.500. The highest BCUT2D eigenvalue weighted by Crippen LogP contribution is 2.44. The van der Waals surface area contributed by atoms with Crippen molar-refractivity contribution in [2.24, 2.45) is 0 Å². The molecule has 4 aliphatic rings. The van der Waals surface area contributed by atoms with E-state index in [1.54, 1.807) is 0 Å². The topological polar surface area (TPSA) is 92.4 Å². The number of fused-ring (bicyclic) bond motifs is 4. The van der Waals surface area contributed by atoms with Gasteiger partial charge >= 0.3 is 6.01 Å². The Morgan fingerprint density at radius 1 is 1.04 bits per heavy atom. The number of terminal acetylenes is 1. The summed E-state index contributed by atoms with van der Waals surface area (Å²) in [6.45, 7) is 8.52. The number of nitrogens with one attached hydrogen (secondary N) is 1. The molecular weight excluding hydrogens is 622 g/mol. The van der Waals surface area contributed by atoms with Crippen LogP contribution in [-0.2, 0) is 6.42 Å². The molecule has 48 heavy (non-hydrogen) atoms. The Balaban J connectivity index is 0.000000969. The quantitative estimate of drug-likeness (QED) is 0.198. The van der Waals surface area contributed by atoms with E-state index in [4.69, 9.17) is 21.9 Å². The maximum atomic E-state index is 17.0. The van der Waals surface area contributed by atoms with Gasteiger partial charge in [-0.2, -0.15) is 9.97 Å². The van der Waals surface area contributed by atoms with Gasteiger partial charge in [0.15, 0.2) is 5.82 Å². The first-order chi connectivity index (χ1) is 23.4. The number of halogens is 4. The van der Waals surface area contributed by atoms with Gasteiger partial charge in [0, 0.05) is 36.6 Å². The van der Waals surface area contributed by atoms with E-state index in [1.165, 1.54) is 18.2 Å². The van der Waals surface area contributed by atoms with Gasteiger partial charge in [0.25, 0.3) is 0 Å². The van der Waals surface area contributed by atoms with Gasteiger partial charge in [-0.25, -0.2) is 18.2 Å². The van der Waals surface area contributed by atoms with E-state index in [2.05, 4.69) is 31.0 Å². The van der Waals surface area contributed by atoms with Crippen molar-refractivity contribution in [1.82, 2.24) is 25.2 Å². The molecule has 3 saturated heterocycles. The minimum atomic E-state index is -0.934. The van der Waals surface area contributed by atoms with Crippen LogP contribution in [0.2, 0.25) is 0 Å². The molecule has 8 rings (SSSR count). The molecule has 2 aromatic heterocycles. The molecule has 2 aromatic carbocycles. The number of aryl methyl sites for hydroxylation is 1. The number of rotatable bonds is 4. The van der Waals surface area contributed by atoms with Crippen molar-refractivity contribution in [3.05, 3.63) is 46.8 Å². The van der Waals surface area contributed by atoms with Crippen LogP contribution >= 0.6 is 0 Å². The van der Waals surface area contributed by atoms with Crippen LogP contribution < -0.4 is 20.7 Å². The first-order valence-electron chi connectivity index (χ1n) is 16.7. The summed E-state index contributed by atoms with van der Waals surface area (Å²) in [5.74, 6) is 0.427. The Morgan fingerprint density at radius 2 is 1.79 bits per heavy atom. The van der Waals surface area contributed by atoms with Gasteiger partial charge in [0.1, 0.15) is 35.4 Å². The van der Waals surface area contributed by atoms with Crippen LogP contribution in [0.4, 0.5) is 29.2 Å². The number of aromatic nitrogens is 3. The molecule has 0 radical (unpaired) electrons. The molecule has 6 heterocycles. The Morgan fingerprint density at radius 3 is 2.52 bits per heavy atom. The van der Waals surface area contributed by atoms with Crippen molar-refractivity contribution >= 4 is 33.3 Å². The Hall–Kier alpha value is -4.21. The third-order valence-corrected chi connectivity index (χ3v) is 10.1. The Labute approximate surface area is 278 Å². The number of nitrogen functional groups attached to an aromatic ring is 1. The second-order valence-electron chi connectivity index (χ2n) is 12.4. The van der Waals surface area contributed by atoms with Crippen LogP contribution in [0.25, 0.3) is 32.9 Å². The van der Waals surface area contributed by atoms with Crippen LogP contribution in [0.3, 0.4) is 0 Å². The Bertz CT molecular complexity index is 1890. The highest BCUT2D eigenvalue weighted by molar-refractivity contribution is 6.04. The number of alkyl halides is 1. The van der Waals surface area contributed by atoms with Crippen molar-refractivity contribution in [2.75, 3.05) is 57.1 Å². The zero-order chi connectivity index (χ0) is 34.2. The number of pyridine rings is 1. The minimum absolute atomic E-state index is 0.0272. The first kappa shape index (κ1) is 33.7. The molecule has 1 atom stereocenters. The van der Waals surface area contributed by atoms with Crippen LogP contribution in [0.5, 0.6) is 6.01 Å². The van der Waals surface area contributed by atoms with Gasteiger partial charge < -0.3 is 20.7 Å². The number of piperazine rings is 1. The minimum Gasteiger partial charge on any atom is -0.461 e. The predicted molar refractivity (Wildman–Crippen MR) is 181 cm³/mol. The largest absolute Gasteiger partial charge is 0.461 e. The lowest BCUT2D eigenvalue weighted by Crippen LogP contribution is -2.51. The molecule has 0 bridgehead atoms. The van der Waals surface area contributed by atoms with E-state index in [9.17, 15) is 8.78 Å². The molecule has 254 valence electrons. The fourth-order valence-corrected chi connectivity index (χ4v) is 7.99. The monoisotopic (exact) mass is 663 g/mol. The smallest absolute Gasteiger partial charge is 0.319 e. The normalized spacial score (nSPS) is 19.4. The van der Waals surface area contributed by atoms with Crippen molar-refractivity contribution in [3.63, 3.8) is 0 Å². The molecule has 0 saturated carbocycles. The van der Waals surface area contributed by atoms with Crippen molar-refractivity contribution in [1.29, 1.82) is 0 Å². The summed E-state index contributed by atoms with van der Waals surface area (Å²) < 4.78 is 64.5. The summed E-state index contributed by atoms with van der Waals surface area (Å²) in [6, 6.07) is 4.29. The van der Waals surface area contributed by atoms with Crippen LogP contribution in [0, 0.1) is 29.8 Å². The van der Waals surface area contributed by atoms with E-state index in [0.29, 0.717) is 68.4 Å². The Kier molecular flexibility index (Phi) is 9.63. The van der Waals surface area contributed by atoms with Crippen molar-refractivity contribution in [2.45, 2.75) is 64.0 Å². The van der Waals surface area contributed by atoms with Crippen molar-refractivity contribution < 1.29 is 22.3 Å². The summed E-state index contributed by atoms with van der Waals surface area (Å²) in [6.07, 6.45) is 10.9. The van der Waals surface area contributed by atoms with E-state index in [0.717, 1.165) is 38.8 Å². The summed E-state index contributed by atoms with van der Waals surface area (Å²) in [4.78, 5) is 18.4. The second-order valence-corrected chi connectivity index (χ2v) is 12.4. The van der Waals surface area contributed by atoms with Crippen LogP contribution in [0.1, 0.15) is 57.1 Å². The SMILES string of the molecule is C#Cc1c(F)ccc2cc(N)nc(-c3c(F)c4c5c(nc(OCC67CCCN6CCC7)nc5c3F)N3CCNCC3CC4)c12.CC.CF. The van der Waals surface area contributed by atoms with E-state index in [1.807, 2.05) is 13.8 Å². The lowest BCUT2D eigenvalue weighted by atomic mass is 9.93. The maximum Gasteiger partial charge on any atom is 0.319 e. The third-order valence-electron chi connectivity index (χ3n) is 10.1. The molecule has 8 nitrogen and oxygen atoms in total. The van der Waals surface area contributed by atoms with Gasteiger partial charge in [-0.05, 0) is 69.1 Å². The van der Waals surface area contributed by atoms with Gasteiger partial charge in [0.05, 0.1) is 34.9 Å². The van der Waals surface area contributed by atoms with Gasteiger partial charge in [-0.3, -0.25) is 9.29 Å². The first-order valence-corrected chi connectivity index (χ1v) is 16.7. The van der Waals surface area contributed by atoms with Gasteiger partial charge in [-0.1, -0.05) is 25.8 Å². The fraction of sp³-hybridized carbons (Fsp3) is 0.472. The molecule has 0 spiro atoms. The van der Waals surface area contributed by atoms with Crippen LogP contribution in [-0.4, -0.2) is 77.9 Å². The highest BCUT2D eigenvalue weighted by atomic mass is 19.1. The number of hydrogen-bond acceptors (Lipinski definition) is 8. The maximum absolute atomic E-state index is 17.0. The molecule has 12 heteroatoms. The zero-order valence-corrected chi connectivity index (χ0v) is 27.6. The molecule has 4 aromatic rings. The predicted octanol–water partition coefficient (Wildman–Crippen LogP) is 6.17. The molecule has 1 unspecified atom stereocenters. The number of hydrogen-bond donors (Lipinski definition) is 2. The highest BCUT2D eigenvalue weighted by Gasteiger charge is 2.45. The molecular formula is C36H41F4N7O. The zero-order valence-electron chi connectivity index (χ0n) is 27.6. The fourth-order valence-electron chi connectivity index (χ4n) is 7.99. The lowest BCUT2D eigenvalue weighted by molar-refractivity contribution is 0.108. The van der Waals surface area contributed by atoms with E-state index < -0.39 is 23.0 Å². The van der Waals surface area contributed by atoms with Gasteiger partial charge in [0.2, 0.25) is 0 Å². The standard InChI is InChI=1S/C33H32F3N7O.C2H6.CH3F/c1-2-20-22(34)8-5-18-15-23(37)39-29(24(18)20)26-27(35)21-7-6-19-16-38-11-14-43(19)31-25(21)30(28(26)36)40-32(41-31)44-17-33-9-3-12-42(33)13-4-10-33;2*1-2/h1,5,8,15,19,38H,3-4,6-7,9-14,16-17H2,(H2,37,39);1-2H3;1H3. The van der Waals surface area contributed by atoms with Gasteiger partial charge in [-0.15, -0.1) is 6.42 Å². The average Bonchev–Trinajstić information content (AvgIpc) is 3.65. The molecule has 4 aliphatic heterocycles. The van der Waals surface area contributed by atoms with E-state index >= 15 is 8.78 Å². The number of ether oxygens (including phenoxy) is 1. The van der Waals surface area contributed by atoms with E-state index in [-0.39, 0.29) is 45.6 Å². The van der Waals surface area contributed by atoms with Crippen LogP contribution in [0.15, 0.2) is 18.2 Å². The molecule has 0 aliphatic carbocycles. The number of nitrogens with zero attached hydrogens (tertiary/aromatic N) is 5. The molecule has 0 amide bonds. The third kappa shape index (κ3) is 5.47. The summed E-state index contributed by atoms with van der Waals surface area (Å²) >= 11 is 0. The average molecular weight is 664 g/mol. The summed E-state index contributed by atoms with van der Waals surface area (Å²) in [5.41, 5.74) is 5.56. The number of nitrogens with two attached hydrogens (primary N) is 1. The lowest BCUT2D eigenvalue weighted by Gasteiger charge is -2.36. The second kappa shape index (κ2) is 13.7. The van der Waals surface area contributed by atoms with Crippen molar-refractivity contribution in [3.8, 4) is 29.6 Å².